The van der Waals surface area contributed by atoms with E-state index in [2.05, 4.69) is 9.97 Å². The zero-order valence-corrected chi connectivity index (χ0v) is 14.1. The minimum absolute atomic E-state index is 0.0385. The smallest absolute Gasteiger partial charge is 0.223 e. The number of aromatic nitrogens is 2. The van der Waals surface area contributed by atoms with Crippen molar-refractivity contribution in [1.82, 2.24) is 14.9 Å². The number of hydrogen-bond acceptors (Lipinski definition) is 5. The van der Waals surface area contributed by atoms with Gasteiger partial charge in [-0.1, -0.05) is 6.92 Å². The highest BCUT2D eigenvalue weighted by atomic mass is 32.2. The summed E-state index contributed by atoms with van der Waals surface area (Å²) in [4.78, 5) is 23.9. The molecular formula is C15H23FN4OS. The second-order valence-electron chi connectivity index (χ2n) is 5.73. The van der Waals surface area contributed by atoms with Crippen LogP contribution in [0.15, 0.2) is 18.6 Å². The van der Waals surface area contributed by atoms with Crippen LogP contribution in [-0.4, -0.2) is 64.6 Å². The van der Waals surface area contributed by atoms with Crippen LogP contribution in [-0.2, 0) is 4.79 Å². The Kier molecular flexibility index (Phi) is 5.99. The number of rotatable bonds is 6. The Labute approximate surface area is 135 Å². The maximum absolute atomic E-state index is 13.8. The molecule has 122 valence electrons. The number of carbonyl (C=O) groups excluding carboxylic acids is 1. The van der Waals surface area contributed by atoms with Crippen molar-refractivity contribution < 1.29 is 9.18 Å². The molecule has 0 radical (unpaired) electrons. The molecule has 0 N–H and O–H groups in total. The van der Waals surface area contributed by atoms with Crippen LogP contribution in [0.2, 0.25) is 0 Å². The number of likely N-dealkylation sites (N-methyl/N-ethyl adjacent to an activating group) is 1. The van der Waals surface area contributed by atoms with Crippen LogP contribution < -0.4 is 4.90 Å². The first-order valence-electron chi connectivity index (χ1n) is 7.44. The average molecular weight is 326 g/mol. The van der Waals surface area contributed by atoms with Gasteiger partial charge in [0.05, 0.1) is 12.6 Å². The van der Waals surface area contributed by atoms with Gasteiger partial charge in [-0.15, -0.1) is 0 Å². The molecule has 0 spiro atoms. The largest absolute Gasteiger partial charge is 0.349 e. The minimum atomic E-state index is -0.881. The molecule has 1 aromatic rings. The summed E-state index contributed by atoms with van der Waals surface area (Å²) in [7, 11) is 1.79. The minimum Gasteiger partial charge on any atom is -0.349 e. The Balaban J connectivity index is 1.99. The Morgan fingerprint density at radius 3 is 3.05 bits per heavy atom. The van der Waals surface area contributed by atoms with Gasteiger partial charge in [0, 0.05) is 37.9 Å². The maximum Gasteiger partial charge on any atom is 0.223 e. The first kappa shape index (κ1) is 17.0. The Morgan fingerprint density at radius 1 is 1.64 bits per heavy atom. The maximum atomic E-state index is 13.8. The molecule has 22 heavy (non-hydrogen) atoms. The van der Waals surface area contributed by atoms with Gasteiger partial charge in [0.25, 0.3) is 0 Å². The van der Waals surface area contributed by atoms with Crippen LogP contribution in [0, 0.1) is 0 Å². The molecule has 0 unspecified atom stereocenters. The number of carbonyl (C=O) groups is 1. The molecule has 5 nitrogen and oxygen atoms in total. The molecule has 1 aliphatic rings. The first-order chi connectivity index (χ1) is 10.5. The molecule has 0 bridgehead atoms. The van der Waals surface area contributed by atoms with Gasteiger partial charge in [-0.25, -0.2) is 14.4 Å². The van der Waals surface area contributed by atoms with E-state index < -0.39 is 6.17 Å². The second kappa shape index (κ2) is 7.76. The lowest BCUT2D eigenvalue weighted by Gasteiger charge is -2.29. The van der Waals surface area contributed by atoms with Crippen LogP contribution in [0.25, 0.3) is 0 Å². The third kappa shape index (κ3) is 4.32. The molecular weight excluding hydrogens is 303 g/mol. The van der Waals surface area contributed by atoms with E-state index in [0.717, 1.165) is 5.82 Å². The van der Waals surface area contributed by atoms with E-state index in [9.17, 15) is 9.18 Å². The highest BCUT2D eigenvalue weighted by Gasteiger charge is 2.34. The average Bonchev–Trinajstić information content (AvgIpc) is 2.88. The molecule has 1 fully saturated rings. The third-order valence-corrected chi connectivity index (χ3v) is 4.97. The van der Waals surface area contributed by atoms with E-state index in [0.29, 0.717) is 31.2 Å². The molecule has 7 heteroatoms. The molecule has 1 aliphatic heterocycles. The SMILES string of the molecule is CS[C@H](C)CC(=O)N(C)C[C@@H]1C[C@H](F)CN1c1ccncn1. The van der Waals surface area contributed by atoms with Gasteiger partial charge >= 0.3 is 0 Å². The standard InChI is InChI=1S/C15H23FN4OS/c1-11(22-3)6-15(21)19(2)9-13-7-12(16)8-20(13)14-4-5-17-10-18-14/h4-5,10-13H,6-9H2,1-3H3/t11-,12+,13+/m1/s1. The van der Waals surface area contributed by atoms with Crippen molar-refractivity contribution in [3.8, 4) is 0 Å². The van der Waals surface area contributed by atoms with Crippen molar-refractivity contribution in [1.29, 1.82) is 0 Å². The molecule has 2 rings (SSSR count). The van der Waals surface area contributed by atoms with E-state index in [-0.39, 0.29) is 11.9 Å². The molecule has 2 heterocycles. The Morgan fingerprint density at radius 2 is 2.41 bits per heavy atom. The summed E-state index contributed by atoms with van der Waals surface area (Å²) in [6.45, 7) is 2.88. The summed E-state index contributed by atoms with van der Waals surface area (Å²) in [5, 5.41) is 0.297. The van der Waals surface area contributed by atoms with E-state index in [1.54, 1.807) is 36.0 Å². The van der Waals surface area contributed by atoms with Crippen LogP contribution in [0.1, 0.15) is 19.8 Å². The number of nitrogens with zero attached hydrogens (tertiary/aromatic N) is 4. The lowest BCUT2D eigenvalue weighted by atomic mass is 10.2. The molecule has 1 amide bonds. The number of hydrogen-bond donors (Lipinski definition) is 0. The summed E-state index contributed by atoms with van der Waals surface area (Å²) in [5.41, 5.74) is 0. The quantitative estimate of drug-likeness (QED) is 0.800. The monoisotopic (exact) mass is 326 g/mol. The highest BCUT2D eigenvalue weighted by Crippen LogP contribution is 2.26. The van der Waals surface area contributed by atoms with Crippen LogP contribution in [0.5, 0.6) is 0 Å². The van der Waals surface area contributed by atoms with Gasteiger partial charge in [-0.3, -0.25) is 4.79 Å². The summed E-state index contributed by atoms with van der Waals surface area (Å²) in [6, 6.07) is 1.74. The van der Waals surface area contributed by atoms with E-state index >= 15 is 0 Å². The third-order valence-electron chi connectivity index (χ3n) is 4.00. The Bertz CT molecular complexity index is 490. The van der Waals surface area contributed by atoms with Crippen LogP contribution in [0.3, 0.4) is 0 Å². The van der Waals surface area contributed by atoms with Crippen LogP contribution in [0.4, 0.5) is 10.2 Å². The zero-order valence-electron chi connectivity index (χ0n) is 13.3. The van der Waals surface area contributed by atoms with Gasteiger partial charge < -0.3 is 9.80 Å². The van der Waals surface area contributed by atoms with E-state index in [1.165, 1.54) is 6.33 Å². The normalized spacial score (nSPS) is 22.6. The predicted octanol–water partition coefficient (Wildman–Crippen LogP) is 1.99. The van der Waals surface area contributed by atoms with Gasteiger partial charge in [0.1, 0.15) is 18.3 Å². The molecule has 1 aromatic heterocycles. The summed E-state index contributed by atoms with van der Waals surface area (Å²) < 4.78 is 13.8. The van der Waals surface area contributed by atoms with Crippen molar-refractivity contribution in [2.45, 2.75) is 37.2 Å². The predicted molar refractivity (Wildman–Crippen MR) is 87.9 cm³/mol. The fourth-order valence-electron chi connectivity index (χ4n) is 2.67. The van der Waals surface area contributed by atoms with Crippen molar-refractivity contribution in [3.63, 3.8) is 0 Å². The van der Waals surface area contributed by atoms with Crippen molar-refractivity contribution in [2.75, 3.05) is 31.3 Å². The fourth-order valence-corrected chi connectivity index (χ4v) is 2.98. The van der Waals surface area contributed by atoms with Gasteiger partial charge in [-0.05, 0) is 12.3 Å². The number of anilines is 1. The molecule has 0 aromatic carbocycles. The van der Waals surface area contributed by atoms with Gasteiger partial charge in [0.2, 0.25) is 5.91 Å². The zero-order chi connectivity index (χ0) is 16.1. The Hall–Kier alpha value is -1.37. The molecule has 1 saturated heterocycles. The number of thioether (sulfide) groups is 1. The number of halogens is 1. The molecule has 0 saturated carbocycles. The second-order valence-corrected chi connectivity index (χ2v) is 7.01. The van der Waals surface area contributed by atoms with Crippen molar-refractivity contribution in [2.24, 2.45) is 0 Å². The lowest BCUT2D eigenvalue weighted by molar-refractivity contribution is -0.130. The lowest BCUT2D eigenvalue weighted by Crippen LogP contribution is -2.42. The number of amides is 1. The highest BCUT2D eigenvalue weighted by molar-refractivity contribution is 7.99. The summed E-state index contributed by atoms with van der Waals surface area (Å²) in [5.74, 6) is 0.824. The van der Waals surface area contributed by atoms with Gasteiger partial charge in [-0.2, -0.15) is 11.8 Å². The van der Waals surface area contributed by atoms with Crippen LogP contribution >= 0.6 is 11.8 Å². The van der Waals surface area contributed by atoms with Crippen molar-refractivity contribution in [3.05, 3.63) is 18.6 Å². The van der Waals surface area contributed by atoms with E-state index in [4.69, 9.17) is 0 Å². The summed E-state index contributed by atoms with van der Waals surface area (Å²) in [6.07, 6.45) is 5.18. The van der Waals surface area contributed by atoms with Crippen molar-refractivity contribution >= 4 is 23.5 Å². The molecule has 3 atom stereocenters. The number of alkyl halides is 1. The van der Waals surface area contributed by atoms with E-state index in [1.807, 2.05) is 18.1 Å². The fraction of sp³-hybridized carbons (Fsp3) is 0.667. The first-order valence-corrected chi connectivity index (χ1v) is 8.73. The summed E-state index contributed by atoms with van der Waals surface area (Å²) >= 11 is 1.68. The topological polar surface area (TPSA) is 49.3 Å². The van der Waals surface area contributed by atoms with Gasteiger partial charge in [0.15, 0.2) is 0 Å². The molecule has 0 aliphatic carbocycles.